The van der Waals surface area contributed by atoms with E-state index in [1.807, 2.05) is 0 Å². The Hall–Kier alpha value is -2.18. The minimum atomic E-state index is -0.335. The molecule has 0 spiro atoms. The van der Waals surface area contributed by atoms with E-state index in [0.29, 0.717) is 5.82 Å². The molecular formula is C6H6N6O. The van der Waals surface area contributed by atoms with Crippen LogP contribution in [0.3, 0.4) is 0 Å². The van der Waals surface area contributed by atoms with Gasteiger partial charge in [0.2, 0.25) is 0 Å². The monoisotopic (exact) mass is 178 g/mol. The quantitative estimate of drug-likeness (QED) is 0.591. The Kier molecular flexibility index (Phi) is 1.75. The van der Waals surface area contributed by atoms with E-state index in [2.05, 4.69) is 30.9 Å². The van der Waals surface area contributed by atoms with Crippen LogP contribution in [0.1, 0.15) is 10.5 Å². The van der Waals surface area contributed by atoms with E-state index >= 15 is 0 Å². The first-order valence-corrected chi connectivity index (χ1v) is 3.53. The molecule has 0 saturated carbocycles. The molecule has 13 heavy (non-hydrogen) atoms. The van der Waals surface area contributed by atoms with Gasteiger partial charge in [-0.15, -0.1) is 0 Å². The molecule has 3 N–H and O–H groups in total. The number of aromatic amines is 2. The fourth-order valence-electron chi connectivity index (χ4n) is 0.823. The molecule has 0 unspecified atom stereocenters. The van der Waals surface area contributed by atoms with E-state index in [0.717, 1.165) is 0 Å². The molecule has 2 heterocycles. The number of hydrogen-bond acceptors (Lipinski definition) is 4. The predicted octanol–water partition coefficient (Wildman–Crippen LogP) is -0.220. The summed E-state index contributed by atoms with van der Waals surface area (Å²) in [6.07, 6.45) is 2.88. The molecular weight excluding hydrogens is 172 g/mol. The van der Waals surface area contributed by atoms with E-state index in [-0.39, 0.29) is 11.6 Å². The van der Waals surface area contributed by atoms with Gasteiger partial charge in [0, 0.05) is 6.07 Å². The lowest BCUT2D eigenvalue weighted by Crippen LogP contribution is -2.12. The summed E-state index contributed by atoms with van der Waals surface area (Å²) in [4.78, 5) is 11.3. The molecule has 2 aromatic heterocycles. The summed E-state index contributed by atoms with van der Waals surface area (Å²) in [5, 5.41) is 18.3. The van der Waals surface area contributed by atoms with Gasteiger partial charge in [0.1, 0.15) is 5.82 Å². The molecule has 2 aromatic rings. The van der Waals surface area contributed by atoms with Crippen molar-refractivity contribution in [2.24, 2.45) is 0 Å². The SMILES string of the molecule is O=C(Nc1ccn[nH]1)c1cn[nH]n1. The third-order valence-corrected chi connectivity index (χ3v) is 1.40. The van der Waals surface area contributed by atoms with Gasteiger partial charge in [-0.05, 0) is 0 Å². The minimum absolute atomic E-state index is 0.231. The van der Waals surface area contributed by atoms with Crippen LogP contribution in [-0.4, -0.2) is 31.5 Å². The van der Waals surface area contributed by atoms with E-state index in [4.69, 9.17) is 0 Å². The van der Waals surface area contributed by atoms with Gasteiger partial charge in [-0.3, -0.25) is 9.89 Å². The molecule has 1 amide bonds. The highest BCUT2D eigenvalue weighted by atomic mass is 16.2. The van der Waals surface area contributed by atoms with Crippen LogP contribution in [0.5, 0.6) is 0 Å². The van der Waals surface area contributed by atoms with Crippen LogP contribution in [0.2, 0.25) is 0 Å². The zero-order valence-electron chi connectivity index (χ0n) is 6.48. The first-order chi connectivity index (χ1) is 6.36. The molecule has 0 aliphatic carbocycles. The molecule has 0 atom stereocenters. The van der Waals surface area contributed by atoms with Gasteiger partial charge in [0.25, 0.3) is 5.91 Å². The zero-order chi connectivity index (χ0) is 9.10. The first-order valence-electron chi connectivity index (χ1n) is 3.53. The van der Waals surface area contributed by atoms with Crippen molar-refractivity contribution in [3.8, 4) is 0 Å². The van der Waals surface area contributed by atoms with Crippen molar-refractivity contribution in [3.05, 3.63) is 24.2 Å². The van der Waals surface area contributed by atoms with Gasteiger partial charge >= 0.3 is 0 Å². The van der Waals surface area contributed by atoms with E-state index in [1.165, 1.54) is 6.20 Å². The van der Waals surface area contributed by atoms with Gasteiger partial charge in [-0.1, -0.05) is 0 Å². The number of H-pyrrole nitrogens is 2. The second kappa shape index (κ2) is 3.05. The smallest absolute Gasteiger partial charge is 0.278 e. The summed E-state index contributed by atoms with van der Waals surface area (Å²) in [6.45, 7) is 0. The number of carbonyl (C=O) groups excluding carboxylic acids is 1. The summed E-state index contributed by atoms with van der Waals surface area (Å²) in [6, 6.07) is 1.64. The number of carbonyl (C=O) groups is 1. The number of rotatable bonds is 2. The molecule has 0 saturated heterocycles. The van der Waals surface area contributed by atoms with E-state index < -0.39 is 0 Å². The average molecular weight is 178 g/mol. The van der Waals surface area contributed by atoms with Gasteiger partial charge in [0.05, 0.1) is 12.4 Å². The summed E-state index contributed by atoms with van der Waals surface area (Å²) < 4.78 is 0. The lowest BCUT2D eigenvalue weighted by atomic mass is 10.4. The standard InChI is InChI=1S/C6H6N6O/c13-6(4-3-8-12-10-4)9-5-1-2-7-11-5/h1-3H,(H,8,10,12)(H2,7,9,11,13). The highest BCUT2D eigenvalue weighted by Gasteiger charge is 2.08. The van der Waals surface area contributed by atoms with E-state index in [9.17, 15) is 4.79 Å². The Bertz CT molecular complexity index is 377. The number of amides is 1. The van der Waals surface area contributed by atoms with Crippen LogP contribution in [0.25, 0.3) is 0 Å². The Labute approximate surface area is 72.5 Å². The van der Waals surface area contributed by atoms with Crippen molar-refractivity contribution in [1.82, 2.24) is 25.6 Å². The summed E-state index contributed by atoms with van der Waals surface area (Å²) in [5.41, 5.74) is 0.231. The second-order valence-corrected chi connectivity index (χ2v) is 2.28. The van der Waals surface area contributed by atoms with Crippen molar-refractivity contribution in [3.63, 3.8) is 0 Å². The Morgan fingerprint density at radius 1 is 1.46 bits per heavy atom. The van der Waals surface area contributed by atoms with Gasteiger partial charge in [-0.2, -0.15) is 20.5 Å². The topological polar surface area (TPSA) is 99.4 Å². The molecule has 0 aromatic carbocycles. The third-order valence-electron chi connectivity index (χ3n) is 1.40. The highest BCUT2D eigenvalue weighted by Crippen LogP contribution is 2.00. The zero-order valence-corrected chi connectivity index (χ0v) is 6.48. The fourth-order valence-corrected chi connectivity index (χ4v) is 0.823. The van der Waals surface area contributed by atoms with E-state index in [1.54, 1.807) is 12.3 Å². The van der Waals surface area contributed by atoms with Crippen LogP contribution in [-0.2, 0) is 0 Å². The number of nitrogens with one attached hydrogen (secondary N) is 3. The average Bonchev–Trinajstić information content (AvgIpc) is 2.74. The van der Waals surface area contributed by atoms with Crippen LogP contribution >= 0.6 is 0 Å². The van der Waals surface area contributed by atoms with Crippen LogP contribution in [0, 0.1) is 0 Å². The maximum atomic E-state index is 11.3. The fraction of sp³-hybridized carbons (Fsp3) is 0. The Morgan fingerprint density at radius 2 is 2.38 bits per heavy atom. The number of aromatic nitrogens is 5. The van der Waals surface area contributed by atoms with Gasteiger partial charge in [0.15, 0.2) is 5.69 Å². The van der Waals surface area contributed by atoms with Crippen LogP contribution in [0.15, 0.2) is 18.5 Å². The van der Waals surface area contributed by atoms with Crippen LogP contribution in [0.4, 0.5) is 5.82 Å². The van der Waals surface area contributed by atoms with Gasteiger partial charge < -0.3 is 5.32 Å². The largest absolute Gasteiger partial charge is 0.305 e. The number of anilines is 1. The molecule has 66 valence electrons. The molecule has 0 fully saturated rings. The molecule has 0 radical (unpaired) electrons. The molecule has 7 nitrogen and oxygen atoms in total. The maximum absolute atomic E-state index is 11.3. The van der Waals surface area contributed by atoms with Gasteiger partial charge in [-0.25, -0.2) is 0 Å². The van der Waals surface area contributed by atoms with Crippen molar-refractivity contribution >= 4 is 11.7 Å². The Balaban J connectivity index is 2.08. The lowest BCUT2D eigenvalue weighted by Gasteiger charge is -1.96. The molecule has 0 aliphatic rings. The summed E-state index contributed by atoms with van der Waals surface area (Å²) >= 11 is 0. The summed E-state index contributed by atoms with van der Waals surface area (Å²) in [7, 11) is 0. The molecule has 2 rings (SSSR count). The van der Waals surface area contributed by atoms with Crippen molar-refractivity contribution in [2.45, 2.75) is 0 Å². The minimum Gasteiger partial charge on any atom is -0.305 e. The number of nitrogens with zero attached hydrogens (tertiary/aromatic N) is 3. The predicted molar refractivity (Wildman–Crippen MR) is 42.9 cm³/mol. The second-order valence-electron chi connectivity index (χ2n) is 2.28. The highest BCUT2D eigenvalue weighted by molar-refractivity contribution is 6.01. The van der Waals surface area contributed by atoms with Crippen LogP contribution < -0.4 is 5.32 Å². The molecule has 0 aliphatic heterocycles. The number of hydrogen-bond donors (Lipinski definition) is 3. The molecule has 0 bridgehead atoms. The maximum Gasteiger partial charge on any atom is 0.278 e. The Morgan fingerprint density at radius 3 is 3.00 bits per heavy atom. The van der Waals surface area contributed by atoms with Crippen molar-refractivity contribution in [1.29, 1.82) is 0 Å². The van der Waals surface area contributed by atoms with Crippen molar-refractivity contribution in [2.75, 3.05) is 5.32 Å². The summed E-state index contributed by atoms with van der Waals surface area (Å²) in [5.74, 6) is 0.186. The normalized spacial score (nSPS) is 9.85. The molecule has 7 heteroatoms. The lowest BCUT2D eigenvalue weighted by molar-refractivity contribution is 0.102. The third kappa shape index (κ3) is 1.53. The first kappa shape index (κ1) is 7.47. The van der Waals surface area contributed by atoms with Crippen molar-refractivity contribution < 1.29 is 4.79 Å².